The summed E-state index contributed by atoms with van der Waals surface area (Å²) < 4.78 is 5.36. The zero-order valence-corrected chi connectivity index (χ0v) is 15.3. The highest BCUT2D eigenvalue weighted by Gasteiger charge is 2.31. The third kappa shape index (κ3) is 5.07. The summed E-state index contributed by atoms with van der Waals surface area (Å²) in [6, 6.07) is 6.30. The Morgan fingerprint density at radius 1 is 1.04 bits per heavy atom. The lowest BCUT2D eigenvalue weighted by Gasteiger charge is -2.23. The monoisotopic (exact) mass is 374 g/mol. The number of carbonyl (C=O) groups is 3. The van der Waals surface area contributed by atoms with Gasteiger partial charge in [-0.15, -0.1) is 0 Å². The van der Waals surface area contributed by atoms with Crippen molar-refractivity contribution in [2.45, 2.75) is 57.1 Å². The van der Waals surface area contributed by atoms with Gasteiger partial charge in [0, 0.05) is 23.9 Å². The molecule has 0 aromatic heterocycles. The van der Waals surface area contributed by atoms with Gasteiger partial charge in [0.25, 0.3) is 11.8 Å². The van der Waals surface area contributed by atoms with Gasteiger partial charge in [-0.2, -0.15) is 0 Å². The number of nitrogens with one attached hydrogen (secondary N) is 2. The van der Waals surface area contributed by atoms with E-state index in [9.17, 15) is 19.5 Å². The second-order valence-corrected chi connectivity index (χ2v) is 7.23. The lowest BCUT2D eigenvalue weighted by molar-refractivity contribution is -0.142. The minimum absolute atomic E-state index is 0.209. The first kappa shape index (κ1) is 19.4. The van der Waals surface area contributed by atoms with Crippen molar-refractivity contribution in [1.82, 2.24) is 5.32 Å². The lowest BCUT2D eigenvalue weighted by Crippen LogP contribution is -2.42. The number of aliphatic carboxylic acids is 1. The fourth-order valence-electron chi connectivity index (χ4n) is 3.77. The maximum absolute atomic E-state index is 12.6. The van der Waals surface area contributed by atoms with E-state index in [4.69, 9.17) is 4.74 Å². The van der Waals surface area contributed by atoms with Crippen LogP contribution in [0.4, 0.5) is 5.69 Å². The van der Waals surface area contributed by atoms with Gasteiger partial charge in [-0.05, 0) is 43.9 Å². The number of hydrogen-bond donors (Lipinski definition) is 3. The topological polar surface area (TPSA) is 105 Å². The number of carboxylic acid groups (broad SMARTS) is 1. The van der Waals surface area contributed by atoms with Crippen molar-refractivity contribution in [1.29, 1.82) is 0 Å². The summed E-state index contributed by atoms with van der Waals surface area (Å²) >= 11 is 0. The van der Waals surface area contributed by atoms with Gasteiger partial charge >= 0.3 is 5.97 Å². The zero-order valence-electron chi connectivity index (χ0n) is 15.3. The van der Waals surface area contributed by atoms with E-state index in [0.717, 1.165) is 25.7 Å². The van der Waals surface area contributed by atoms with Crippen LogP contribution in [-0.2, 0) is 14.3 Å². The van der Waals surface area contributed by atoms with Crippen LogP contribution in [0, 0.1) is 5.92 Å². The Hall–Kier alpha value is -2.41. The number of rotatable bonds is 5. The van der Waals surface area contributed by atoms with E-state index in [2.05, 4.69) is 10.6 Å². The Labute approximate surface area is 158 Å². The molecule has 7 nitrogen and oxygen atoms in total. The number of ether oxygens (including phenoxy) is 1. The van der Waals surface area contributed by atoms with E-state index in [1.54, 1.807) is 24.3 Å². The molecule has 0 spiro atoms. The third-order valence-corrected chi connectivity index (χ3v) is 5.26. The molecule has 0 bridgehead atoms. The minimum Gasteiger partial charge on any atom is -0.481 e. The predicted molar refractivity (Wildman–Crippen MR) is 99.5 cm³/mol. The summed E-state index contributed by atoms with van der Waals surface area (Å²) in [5, 5.41) is 15.1. The van der Waals surface area contributed by atoms with Gasteiger partial charge in [-0.25, -0.2) is 0 Å². The van der Waals surface area contributed by atoms with Crippen LogP contribution in [0.25, 0.3) is 0 Å². The van der Waals surface area contributed by atoms with Gasteiger partial charge in [0.1, 0.15) is 6.10 Å². The second-order valence-electron chi connectivity index (χ2n) is 7.23. The molecule has 1 aliphatic carbocycles. The Balaban J connectivity index is 1.65. The van der Waals surface area contributed by atoms with Gasteiger partial charge in [-0.3, -0.25) is 14.4 Å². The first-order valence-corrected chi connectivity index (χ1v) is 9.61. The zero-order chi connectivity index (χ0) is 19.2. The summed E-state index contributed by atoms with van der Waals surface area (Å²) in [7, 11) is 0. The number of benzene rings is 1. The molecule has 1 aromatic rings. The SMILES string of the molecule is O=C(N[C@H]1CCCCC[C@H]1C(=O)O)c1cccc(NC(=O)C2CCCO2)c1. The first-order chi connectivity index (χ1) is 13.0. The number of anilines is 1. The molecule has 2 aliphatic rings. The molecule has 146 valence electrons. The van der Waals surface area contributed by atoms with Crippen molar-refractivity contribution < 1.29 is 24.2 Å². The molecular weight excluding hydrogens is 348 g/mol. The van der Waals surface area contributed by atoms with Crippen molar-refractivity contribution in [3.05, 3.63) is 29.8 Å². The van der Waals surface area contributed by atoms with Crippen LogP contribution in [0.1, 0.15) is 55.3 Å². The Kier molecular flexibility index (Phi) is 6.45. The highest BCUT2D eigenvalue weighted by molar-refractivity contribution is 5.98. The number of carboxylic acids is 1. The number of carbonyl (C=O) groups excluding carboxylic acids is 2. The van der Waals surface area contributed by atoms with Crippen molar-refractivity contribution >= 4 is 23.5 Å². The second kappa shape index (κ2) is 8.99. The van der Waals surface area contributed by atoms with Crippen LogP contribution >= 0.6 is 0 Å². The molecule has 2 amide bonds. The molecule has 0 radical (unpaired) electrons. The fraction of sp³-hybridized carbons (Fsp3) is 0.550. The molecule has 1 aromatic carbocycles. The van der Waals surface area contributed by atoms with Crippen LogP contribution in [0.2, 0.25) is 0 Å². The van der Waals surface area contributed by atoms with Crippen molar-refractivity contribution in [3.63, 3.8) is 0 Å². The molecule has 1 unspecified atom stereocenters. The van der Waals surface area contributed by atoms with Crippen LogP contribution in [0.5, 0.6) is 0 Å². The Morgan fingerprint density at radius 2 is 1.85 bits per heavy atom. The largest absolute Gasteiger partial charge is 0.481 e. The summed E-state index contributed by atoms with van der Waals surface area (Å²) in [6.45, 7) is 0.590. The number of amides is 2. The highest BCUT2D eigenvalue weighted by Crippen LogP contribution is 2.24. The molecule has 2 fully saturated rings. The molecule has 7 heteroatoms. The molecule has 1 aliphatic heterocycles. The smallest absolute Gasteiger partial charge is 0.308 e. The van der Waals surface area contributed by atoms with Crippen molar-refractivity contribution in [2.24, 2.45) is 5.92 Å². The molecular formula is C20H26N2O5. The standard InChI is InChI=1S/C20H26N2O5/c23-18(22-16-9-3-1-2-8-15(16)20(25)26)13-6-4-7-14(12-13)21-19(24)17-10-5-11-27-17/h4,6-7,12,15-17H,1-3,5,8-11H2,(H,21,24)(H,22,23)(H,25,26)/t15-,16+,17?/m1/s1. The third-order valence-electron chi connectivity index (χ3n) is 5.26. The van der Waals surface area contributed by atoms with Gasteiger partial charge in [-0.1, -0.05) is 25.3 Å². The molecule has 3 rings (SSSR count). The van der Waals surface area contributed by atoms with E-state index < -0.39 is 18.0 Å². The molecule has 1 saturated heterocycles. The van der Waals surface area contributed by atoms with E-state index >= 15 is 0 Å². The molecule has 3 N–H and O–H groups in total. The Morgan fingerprint density at radius 3 is 2.59 bits per heavy atom. The summed E-state index contributed by atoms with van der Waals surface area (Å²) in [5.74, 6) is -1.94. The minimum atomic E-state index is -0.861. The summed E-state index contributed by atoms with van der Waals surface area (Å²) in [4.78, 5) is 36.3. The van der Waals surface area contributed by atoms with Crippen LogP contribution < -0.4 is 10.6 Å². The van der Waals surface area contributed by atoms with E-state index in [0.29, 0.717) is 37.1 Å². The van der Waals surface area contributed by atoms with Gasteiger partial charge in [0.2, 0.25) is 0 Å². The van der Waals surface area contributed by atoms with Crippen molar-refractivity contribution in [3.8, 4) is 0 Å². The molecule has 27 heavy (non-hydrogen) atoms. The lowest BCUT2D eigenvalue weighted by atomic mass is 9.94. The van der Waals surface area contributed by atoms with Crippen LogP contribution in [-0.4, -0.2) is 41.6 Å². The molecule has 3 atom stereocenters. The van der Waals surface area contributed by atoms with E-state index in [1.807, 2.05) is 0 Å². The Bertz CT molecular complexity index is 699. The van der Waals surface area contributed by atoms with Crippen LogP contribution in [0.3, 0.4) is 0 Å². The van der Waals surface area contributed by atoms with Gasteiger partial charge < -0.3 is 20.5 Å². The maximum Gasteiger partial charge on any atom is 0.308 e. The van der Waals surface area contributed by atoms with E-state index in [-0.39, 0.29) is 17.9 Å². The average molecular weight is 374 g/mol. The van der Waals surface area contributed by atoms with Crippen molar-refractivity contribution in [2.75, 3.05) is 11.9 Å². The normalized spacial score (nSPS) is 25.4. The summed E-state index contributed by atoms with van der Waals surface area (Å²) in [6.07, 6.45) is 5.14. The van der Waals surface area contributed by atoms with Crippen LogP contribution in [0.15, 0.2) is 24.3 Å². The van der Waals surface area contributed by atoms with E-state index in [1.165, 1.54) is 0 Å². The number of hydrogen-bond acceptors (Lipinski definition) is 4. The predicted octanol–water partition coefficient (Wildman–Crippen LogP) is 2.57. The molecule has 1 saturated carbocycles. The molecule has 1 heterocycles. The quantitative estimate of drug-likeness (QED) is 0.687. The fourth-order valence-corrected chi connectivity index (χ4v) is 3.77. The van der Waals surface area contributed by atoms with Gasteiger partial charge in [0.05, 0.1) is 5.92 Å². The average Bonchev–Trinajstić information content (AvgIpc) is 3.09. The summed E-state index contributed by atoms with van der Waals surface area (Å²) in [5.41, 5.74) is 0.923. The van der Waals surface area contributed by atoms with Gasteiger partial charge in [0.15, 0.2) is 0 Å². The highest BCUT2D eigenvalue weighted by atomic mass is 16.5. The maximum atomic E-state index is 12.6. The first-order valence-electron chi connectivity index (χ1n) is 9.61.